The lowest BCUT2D eigenvalue weighted by molar-refractivity contribution is 0.0176. The van der Waals surface area contributed by atoms with Crippen LogP contribution < -0.4 is 0 Å². The van der Waals surface area contributed by atoms with Crippen molar-refractivity contribution in [3.05, 3.63) is 33.0 Å². The first kappa shape index (κ1) is 20.1. The highest BCUT2D eigenvalue weighted by atomic mass is 32.1. The van der Waals surface area contributed by atoms with Gasteiger partial charge in [-0.1, -0.05) is 13.0 Å². The second-order valence-corrected chi connectivity index (χ2v) is 9.93. The Labute approximate surface area is 168 Å². The van der Waals surface area contributed by atoms with E-state index in [9.17, 15) is 9.59 Å². The smallest absolute Gasteiger partial charge is 0.410 e. The van der Waals surface area contributed by atoms with Crippen LogP contribution in [0.5, 0.6) is 0 Å². The lowest BCUT2D eigenvalue weighted by atomic mass is 9.83. The number of piperidine rings is 1. The molecule has 3 rings (SSSR count). The maximum Gasteiger partial charge on any atom is 0.410 e. The minimum Gasteiger partial charge on any atom is -0.444 e. The summed E-state index contributed by atoms with van der Waals surface area (Å²) in [5.41, 5.74) is 1.67. The molecule has 27 heavy (non-hydrogen) atoms. The number of rotatable bonds is 2. The Morgan fingerprint density at radius 3 is 2.63 bits per heavy atom. The lowest BCUT2D eigenvalue weighted by Crippen LogP contribution is -2.42. The summed E-state index contributed by atoms with van der Waals surface area (Å²) in [5, 5.41) is 0. The molecule has 150 valence electrons. The summed E-state index contributed by atoms with van der Waals surface area (Å²) >= 11 is 1.83. The fourth-order valence-corrected chi connectivity index (χ4v) is 5.61. The Kier molecular flexibility index (Phi) is 5.80. The summed E-state index contributed by atoms with van der Waals surface area (Å²) in [6.07, 6.45) is 7.40. The molecule has 1 aliphatic heterocycles. The van der Waals surface area contributed by atoms with E-state index < -0.39 is 5.60 Å². The summed E-state index contributed by atoms with van der Waals surface area (Å²) in [4.78, 5) is 29.1. The first-order chi connectivity index (χ1) is 12.7. The molecule has 1 atom stereocenters. The maximum atomic E-state index is 12.4. The highest BCUT2D eigenvalue weighted by Gasteiger charge is 2.32. The molecule has 1 saturated heterocycles. The first-order valence-electron chi connectivity index (χ1n) is 9.98. The number of nitrogens with zero attached hydrogens (tertiary/aromatic N) is 1. The number of carbonyl (C=O) groups is 2. The van der Waals surface area contributed by atoms with Crippen molar-refractivity contribution in [3.8, 4) is 0 Å². The zero-order valence-electron chi connectivity index (χ0n) is 17.1. The molecule has 0 bridgehead atoms. The van der Waals surface area contributed by atoms with Crippen molar-refractivity contribution >= 4 is 23.2 Å². The van der Waals surface area contributed by atoms with Crippen LogP contribution in [0.3, 0.4) is 0 Å². The zero-order chi connectivity index (χ0) is 19.8. The summed E-state index contributed by atoms with van der Waals surface area (Å²) in [6.45, 7) is 11.6. The average Bonchev–Trinajstić information content (AvgIpc) is 2.81. The van der Waals surface area contributed by atoms with Gasteiger partial charge in [0.15, 0.2) is 5.78 Å². The van der Waals surface area contributed by atoms with E-state index in [4.69, 9.17) is 4.74 Å². The lowest BCUT2D eigenvalue weighted by Gasteiger charge is -2.35. The number of ketones is 1. The van der Waals surface area contributed by atoms with Crippen LogP contribution in [0.15, 0.2) is 12.2 Å². The predicted molar refractivity (Wildman–Crippen MR) is 112 cm³/mol. The van der Waals surface area contributed by atoms with Gasteiger partial charge in [0.2, 0.25) is 0 Å². The molecular weight excluding hydrogens is 358 g/mol. The number of hydrogen-bond acceptors (Lipinski definition) is 4. The molecule has 0 saturated carbocycles. The second kappa shape index (κ2) is 7.78. The van der Waals surface area contributed by atoms with Gasteiger partial charge in [0.25, 0.3) is 0 Å². The van der Waals surface area contributed by atoms with Crippen LogP contribution in [-0.4, -0.2) is 35.5 Å². The highest BCUT2D eigenvalue weighted by molar-refractivity contribution is 7.12. The number of hydrogen-bond donors (Lipinski definition) is 0. The SMILES string of the molecule is Cc1c([C@H](C)C2CCN(C(=O)OC(C)(C)C)CC2)sc2c1C(=O)C=CCC2.[HH]. The molecular formula is C22H33NO3S. The van der Waals surface area contributed by atoms with E-state index in [1.807, 2.05) is 43.1 Å². The third-order valence-electron chi connectivity index (χ3n) is 5.62. The minimum atomic E-state index is -0.450. The number of fused-ring (bicyclic) bond motifs is 1. The van der Waals surface area contributed by atoms with Gasteiger partial charge in [-0.15, -0.1) is 11.3 Å². The first-order valence-corrected chi connectivity index (χ1v) is 10.8. The number of carbonyl (C=O) groups excluding carboxylic acids is 2. The molecule has 0 aromatic carbocycles. The van der Waals surface area contributed by atoms with Crippen molar-refractivity contribution in [3.63, 3.8) is 0 Å². The third-order valence-corrected chi connectivity index (χ3v) is 7.17. The van der Waals surface area contributed by atoms with Crippen molar-refractivity contribution in [1.29, 1.82) is 0 Å². The molecule has 0 spiro atoms. The normalized spacial score (nSPS) is 19.6. The van der Waals surface area contributed by atoms with Crippen molar-refractivity contribution < 1.29 is 15.8 Å². The van der Waals surface area contributed by atoms with Gasteiger partial charge in [-0.25, -0.2) is 4.79 Å². The fourth-order valence-electron chi connectivity index (χ4n) is 4.14. The molecule has 1 fully saturated rings. The molecule has 2 aliphatic rings. The molecule has 1 aromatic rings. The molecule has 4 nitrogen and oxygen atoms in total. The minimum absolute atomic E-state index is 0. The Bertz CT molecular complexity index is 755. The number of amides is 1. The fraction of sp³-hybridized carbons (Fsp3) is 0.636. The van der Waals surface area contributed by atoms with Crippen molar-refractivity contribution in [2.24, 2.45) is 5.92 Å². The van der Waals surface area contributed by atoms with Crippen LogP contribution in [0.25, 0.3) is 0 Å². The van der Waals surface area contributed by atoms with E-state index in [-0.39, 0.29) is 13.3 Å². The monoisotopic (exact) mass is 391 g/mol. The van der Waals surface area contributed by atoms with Crippen LogP contribution in [0.1, 0.15) is 80.0 Å². The second-order valence-electron chi connectivity index (χ2n) is 8.79. The Hall–Kier alpha value is -1.62. The van der Waals surface area contributed by atoms with E-state index >= 15 is 0 Å². The van der Waals surface area contributed by atoms with Gasteiger partial charge in [0.05, 0.1) is 0 Å². The Morgan fingerprint density at radius 1 is 1.33 bits per heavy atom. The van der Waals surface area contributed by atoms with Gasteiger partial charge < -0.3 is 9.64 Å². The van der Waals surface area contributed by atoms with Crippen LogP contribution in [0, 0.1) is 12.8 Å². The molecule has 1 amide bonds. The number of likely N-dealkylation sites (tertiary alicyclic amines) is 1. The maximum absolute atomic E-state index is 12.4. The predicted octanol–water partition coefficient (Wildman–Crippen LogP) is 5.74. The zero-order valence-corrected chi connectivity index (χ0v) is 17.9. The van der Waals surface area contributed by atoms with Gasteiger partial charge in [0, 0.05) is 29.8 Å². The number of ether oxygens (including phenoxy) is 1. The number of allylic oxidation sites excluding steroid dienone is 2. The van der Waals surface area contributed by atoms with Gasteiger partial charge in [-0.2, -0.15) is 0 Å². The van der Waals surface area contributed by atoms with Crippen LogP contribution >= 0.6 is 11.3 Å². The van der Waals surface area contributed by atoms with Crippen molar-refractivity contribution in [2.75, 3.05) is 13.1 Å². The summed E-state index contributed by atoms with van der Waals surface area (Å²) in [6, 6.07) is 0. The van der Waals surface area contributed by atoms with E-state index in [0.29, 0.717) is 11.8 Å². The molecule has 1 aromatic heterocycles. The van der Waals surface area contributed by atoms with E-state index in [1.54, 1.807) is 6.08 Å². The standard InChI is InChI=1S/C22H31NO3S.H2/c1-14(16-10-12-23(13-11-16)21(25)26-22(3,4)5)20-15(2)19-17(24)8-6-7-9-18(19)27-20;/h6,8,14,16H,7,9-13H2,1-5H3;1H/t14-;/m1./s1. The van der Waals surface area contributed by atoms with E-state index in [2.05, 4.69) is 13.8 Å². The Balaban J connectivity index is 0.00000280. The summed E-state index contributed by atoms with van der Waals surface area (Å²) in [7, 11) is 0. The largest absolute Gasteiger partial charge is 0.444 e. The molecule has 1 aliphatic carbocycles. The van der Waals surface area contributed by atoms with E-state index in [1.165, 1.54) is 15.3 Å². The van der Waals surface area contributed by atoms with Crippen LogP contribution in [0.4, 0.5) is 4.79 Å². The molecule has 2 heterocycles. The average molecular weight is 392 g/mol. The van der Waals surface area contributed by atoms with Gasteiger partial charge in [-0.3, -0.25) is 4.79 Å². The number of thiophene rings is 1. The summed E-state index contributed by atoms with van der Waals surface area (Å²) in [5.74, 6) is 1.12. The Morgan fingerprint density at radius 2 is 2.00 bits per heavy atom. The van der Waals surface area contributed by atoms with Crippen LogP contribution in [-0.2, 0) is 11.2 Å². The molecule has 0 radical (unpaired) electrons. The molecule has 0 unspecified atom stereocenters. The van der Waals surface area contributed by atoms with Gasteiger partial charge in [-0.05, 0) is 76.9 Å². The summed E-state index contributed by atoms with van der Waals surface area (Å²) < 4.78 is 5.50. The number of aryl methyl sites for hydroxylation is 1. The van der Waals surface area contributed by atoms with Gasteiger partial charge >= 0.3 is 6.09 Å². The molecule has 0 N–H and O–H groups in total. The van der Waals surface area contributed by atoms with Crippen molar-refractivity contribution in [1.82, 2.24) is 4.90 Å². The van der Waals surface area contributed by atoms with E-state index in [0.717, 1.165) is 44.3 Å². The van der Waals surface area contributed by atoms with Crippen LogP contribution in [0.2, 0.25) is 0 Å². The topological polar surface area (TPSA) is 46.6 Å². The molecule has 5 heteroatoms. The highest BCUT2D eigenvalue weighted by Crippen LogP contribution is 2.41. The van der Waals surface area contributed by atoms with Crippen molar-refractivity contribution in [2.45, 2.75) is 71.8 Å². The van der Waals surface area contributed by atoms with Gasteiger partial charge in [0.1, 0.15) is 5.60 Å². The quantitative estimate of drug-likeness (QED) is 0.646. The third kappa shape index (κ3) is 4.45.